The molecule has 1 fully saturated rings. The quantitative estimate of drug-likeness (QED) is 0.842. The molecule has 1 aliphatic carbocycles. The van der Waals surface area contributed by atoms with Gasteiger partial charge in [-0.2, -0.15) is 0 Å². The summed E-state index contributed by atoms with van der Waals surface area (Å²) in [6.45, 7) is 7.30. The summed E-state index contributed by atoms with van der Waals surface area (Å²) in [4.78, 5) is 12.1. The highest BCUT2D eigenvalue weighted by molar-refractivity contribution is 5.95. The molecule has 1 aliphatic rings. The maximum atomic E-state index is 12.1. The van der Waals surface area contributed by atoms with Crippen molar-refractivity contribution in [1.29, 1.82) is 0 Å². The van der Waals surface area contributed by atoms with E-state index in [4.69, 9.17) is 10.5 Å². The summed E-state index contributed by atoms with van der Waals surface area (Å²) in [5.74, 6) is 0.608. The first-order chi connectivity index (χ1) is 9.86. The summed E-state index contributed by atoms with van der Waals surface area (Å²) in [6.07, 6.45) is 2.58. The molecule has 0 saturated heterocycles. The van der Waals surface area contributed by atoms with Gasteiger partial charge in [0.25, 0.3) is 0 Å². The number of carbonyl (C=O) groups is 1. The van der Waals surface area contributed by atoms with Crippen molar-refractivity contribution in [2.24, 2.45) is 17.1 Å². The molecular weight excluding hydrogens is 300 g/mol. The van der Waals surface area contributed by atoms with Gasteiger partial charge in [-0.25, -0.2) is 0 Å². The van der Waals surface area contributed by atoms with Gasteiger partial charge >= 0.3 is 0 Å². The molecule has 0 heterocycles. The molecule has 0 aliphatic heterocycles. The molecule has 3 N–H and O–H groups in total. The number of nitrogens with two attached hydrogens (primary N) is 1. The maximum absolute atomic E-state index is 12.1. The molecule has 0 spiro atoms. The van der Waals surface area contributed by atoms with E-state index in [9.17, 15) is 4.79 Å². The second-order valence-electron chi connectivity index (χ2n) is 6.99. The van der Waals surface area contributed by atoms with Gasteiger partial charge in [0.1, 0.15) is 0 Å². The lowest BCUT2D eigenvalue weighted by atomic mass is 9.87. The number of amides is 1. The molecule has 1 amide bonds. The van der Waals surface area contributed by atoms with E-state index in [0.717, 1.165) is 23.8 Å². The molecule has 5 heteroatoms. The van der Waals surface area contributed by atoms with Crippen LogP contribution in [0.25, 0.3) is 0 Å². The monoisotopic (exact) mass is 326 g/mol. The summed E-state index contributed by atoms with van der Waals surface area (Å²) in [6, 6.07) is 7.21. The third-order valence-electron chi connectivity index (χ3n) is 3.73. The van der Waals surface area contributed by atoms with Crippen LogP contribution >= 0.6 is 12.4 Å². The van der Waals surface area contributed by atoms with Gasteiger partial charge in [-0.15, -0.1) is 12.4 Å². The van der Waals surface area contributed by atoms with Crippen LogP contribution in [0.4, 0.5) is 5.69 Å². The second-order valence-corrected chi connectivity index (χ2v) is 6.99. The topological polar surface area (TPSA) is 64.4 Å². The van der Waals surface area contributed by atoms with E-state index >= 15 is 0 Å². The van der Waals surface area contributed by atoms with Crippen molar-refractivity contribution in [3.8, 4) is 0 Å². The number of carbonyl (C=O) groups excluding carboxylic acids is 1. The molecular formula is C17H27ClN2O2. The van der Waals surface area contributed by atoms with Gasteiger partial charge in [0.2, 0.25) is 5.91 Å². The molecule has 124 valence electrons. The third kappa shape index (κ3) is 5.95. The van der Waals surface area contributed by atoms with Gasteiger partial charge in [-0.1, -0.05) is 32.9 Å². The van der Waals surface area contributed by atoms with Gasteiger partial charge in [0.15, 0.2) is 0 Å². The first-order valence-electron chi connectivity index (χ1n) is 7.59. The van der Waals surface area contributed by atoms with Crippen molar-refractivity contribution in [2.75, 3.05) is 11.9 Å². The zero-order chi connectivity index (χ0) is 15.5. The zero-order valence-corrected chi connectivity index (χ0v) is 14.4. The van der Waals surface area contributed by atoms with E-state index in [0.29, 0.717) is 6.61 Å². The summed E-state index contributed by atoms with van der Waals surface area (Å²) < 4.78 is 5.67. The minimum Gasteiger partial charge on any atom is -0.376 e. The molecule has 4 nitrogen and oxygen atoms in total. The average molecular weight is 327 g/mol. The second kappa shape index (κ2) is 7.95. The summed E-state index contributed by atoms with van der Waals surface area (Å²) in [7, 11) is 0. The molecule has 0 aromatic heterocycles. The lowest BCUT2D eigenvalue weighted by Gasteiger charge is -2.25. The normalized spacial score (nSPS) is 15.8. The fraction of sp³-hybridized carbons (Fsp3) is 0.588. The predicted molar refractivity (Wildman–Crippen MR) is 92.1 cm³/mol. The van der Waals surface area contributed by atoms with Gasteiger partial charge < -0.3 is 15.8 Å². The van der Waals surface area contributed by atoms with Crippen LogP contribution in [0.2, 0.25) is 0 Å². The van der Waals surface area contributed by atoms with Crippen molar-refractivity contribution in [2.45, 2.75) is 46.3 Å². The Morgan fingerprint density at radius 3 is 2.68 bits per heavy atom. The number of nitrogens with one attached hydrogen (secondary N) is 1. The summed E-state index contributed by atoms with van der Waals surface area (Å²) in [5, 5.41) is 2.88. The number of halogens is 1. The smallest absolute Gasteiger partial charge is 0.241 e. The van der Waals surface area contributed by atoms with Crippen molar-refractivity contribution < 1.29 is 9.53 Å². The van der Waals surface area contributed by atoms with Gasteiger partial charge in [-0.3, -0.25) is 4.79 Å². The van der Waals surface area contributed by atoms with Crippen molar-refractivity contribution in [3.05, 3.63) is 29.8 Å². The zero-order valence-electron chi connectivity index (χ0n) is 13.6. The highest BCUT2D eigenvalue weighted by Gasteiger charge is 2.27. The van der Waals surface area contributed by atoms with Crippen LogP contribution in [0.5, 0.6) is 0 Å². The molecule has 0 unspecified atom stereocenters. The first kappa shape index (κ1) is 18.9. The Kier molecular flexibility index (Phi) is 6.85. The molecule has 22 heavy (non-hydrogen) atoms. The average Bonchev–Trinajstić information content (AvgIpc) is 3.21. The summed E-state index contributed by atoms with van der Waals surface area (Å²) >= 11 is 0. The Balaban J connectivity index is 0.00000242. The Hall–Kier alpha value is -1.10. The Morgan fingerprint density at radius 1 is 1.41 bits per heavy atom. The van der Waals surface area contributed by atoms with E-state index in [2.05, 4.69) is 5.32 Å². The fourth-order valence-electron chi connectivity index (χ4n) is 1.98. The van der Waals surface area contributed by atoms with Crippen LogP contribution in [0, 0.1) is 11.3 Å². The highest BCUT2D eigenvalue weighted by atomic mass is 35.5. The third-order valence-corrected chi connectivity index (χ3v) is 3.73. The van der Waals surface area contributed by atoms with Crippen molar-refractivity contribution in [3.63, 3.8) is 0 Å². The lowest BCUT2D eigenvalue weighted by Crippen LogP contribution is -2.45. The fourth-order valence-corrected chi connectivity index (χ4v) is 1.98. The molecule has 2 rings (SSSR count). The highest BCUT2D eigenvalue weighted by Crippen LogP contribution is 2.29. The van der Waals surface area contributed by atoms with Gasteiger partial charge in [-0.05, 0) is 41.9 Å². The number of hydrogen-bond acceptors (Lipinski definition) is 3. The molecule has 1 aromatic carbocycles. The van der Waals surface area contributed by atoms with E-state index in [1.807, 2.05) is 45.0 Å². The predicted octanol–water partition coefficient (Wildman–Crippen LogP) is 3.35. The first-order valence-corrected chi connectivity index (χ1v) is 7.59. The lowest BCUT2D eigenvalue weighted by molar-refractivity contribution is -0.119. The Morgan fingerprint density at radius 2 is 2.09 bits per heavy atom. The van der Waals surface area contributed by atoms with Gasteiger partial charge in [0, 0.05) is 12.3 Å². The molecule has 1 saturated carbocycles. The largest absolute Gasteiger partial charge is 0.376 e. The van der Waals surface area contributed by atoms with Crippen molar-refractivity contribution in [1.82, 2.24) is 0 Å². The Labute approximate surface area is 139 Å². The van der Waals surface area contributed by atoms with Gasteiger partial charge in [0.05, 0.1) is 12.6 Å². The SMILES string of the molecule is CC(C)(C)[C@H](N)C(=O)Nc1cccc(COCC2CC2)c1.Cl. The van der Waals surface area contributed by atoms with Crippen LogP contribution in [0.1, 0.15) is 39.2 Å². The Bertz CT molecular complexity index is 496. The van der Waals surface area contributed by atoms with Crippen molar-refractivity contribution >= 4 is 24.0 Å². The number of rotatable bonds is 6. The van der Waals surface area contributed by atoms with E-state index < -0.39 is 6.04 Å². The van der Waals surface area contributed by atoms with Crippen LogP contribution in [0.3, 0.4) is 0 Å². The van der Waals surface area contributed by atoms with Crippen LogP contribution in [-0.4, -0.2) is 18.6 Å². The number of hydrogen-bond donors (Lipinski definition) is 2. The van der Waals surface area contributed by atoms with Crippen LogP contribution in [-0.2, 0) is 16.1 Å². The van der Waals surface area contributed by atoms with E-state index in [1.54, 1.807) is 0 Å². The number of benzene rings is 1. The number of ether oxygens (including phenoxy) is 1. The minimum absolute atomic E-state index is 0. The van der Waals surface area contributed by atoms with Crippen LogP contribution < -0.4 is 11.1 Å². The molecule has 1 aromatic rings. The standard InChI is InChI=1S/C17H26N2O2.ClH/c1-17(2,3)15(18)16(20)19-14-6-4-5-13(9-14)11-21-10-12-7-8-12;/h4-6,9,12,15H,7-8,10-11,18H2,1-3H3,(H,19,20);1H/t15-;/m1./s1. The molecule has 0 radical (unpaired) electrons. The number of anilines is 1. The maximum Gasteiger partial charge on any atom is 0.241 e. The summed E-state index contributed by atoms with van der Waals surface area (Å²) in [5.41, 5.74) is 7.55. The molecule has 1 atom stereocenters. The van der Waals surface area contributed by atoms with E-state index in [-0.39, 0.29) is 23.7 Å². The minimum atomic E-state index is -0.535. The van der Waals surface area contributed by atoms with Crippen LogP contribution in [0.15, 0.2) is 24.3 Å². The molecule has 0 bridgehead atoms. The van der Waals surface area contributed by atoms with E-state index in [1.165, 1.54) is 12.8 Å².